The maximum atomic E-state index is 12.5. The van der Waals surface area contributed by atoms with Crippen molar-refractivity contribution in [3.05, 3.63) is 65.7 Å². The van der Waals surface area contributed by atoms with Crippen LogP contribution in [0.2, 0.25) is 18.6 Å². The van der Waals surface area contributed by atoms with E-state index in [0.29, 0.717) is 12.2 Å². The molecule has 1 fully saturated rings. The van der Waals surface area contributed by atoms with Crippen LogP contribution in [0.3, 0.4) is 0 Å². The van der Waals surface area contributed by atoms with Gasteiger partial charge in [0.1, 0.15) is 5.78 Å². The maximum Gasteiger partial charge on any atom is 0.134 e. The van der Waals surface area contributed by atoms with Crippen LogP contribution >= 0.6 is 0 Å². The molecule has 0 aliphatic carbocycles. The molecule has 0 saturated carbocycles. The highest BCUT2D eigenvalue weighted by molar-refractivity contribution is 6.92. The normalized spacial score (nSPS) is 30.5. The molecule has 0 N–H and O–H groups in total. The highest BCUT2D eigenvalue weighted by Gasteiger charge is 2.52. The van der Waals surface area contributed by atoms with Crippen LogP contribution in [-0.2, 0) is 10.2 Å². The van der Waals surface area contributed by atoms with E-state index < -0.39 is 8.07 Å². The Morgan fingerprint density at radius 3 is 2.55 bits per heavy atom. The smallest absolute Gasteiger partial charge is 0.134 e. The van der Waals surface area contributed by atoms with E-state index in [-0.39, 0.29) is 5.41 Å². The number of carbonyl (C=O) groups is 1. The van der Waals surface area contributed by atoms with E-state index >= 15 is 0 Å². The van der Waals surface area contributed by atoms with Crippen molar-refractivity contribution in [1.29, 1.82) is 0 Å². The summed E-state index contributed by atoms with van der Waals surface area (Å²) < 4.78 is 0. The largest absolute Gasteiger partial charge is 0.300 e. The SMILES string of the molecule is C[Si@]12CCCC(=O)C[C@](c3ccccc3)(C1)c1ccccc12. The Morgan fingerprint density at radius 1 is 1.00 bits per heavy atom. The molecule has 0 radical (unpaired) electrons. The van der Waals surface area contributed by atoms with Gasteiger partial charge in [-0.1, -0.05) is 72.4 Å². The maximum absolute atomic E-state index is 12.5. The molecule has 2 bridgehead atoms. The molecule has 2 heterocycles. The fraction of sp³-hybridized carbons (Fsp3) is 0.350. The molecule has 2 aliphatic heterocycles. The van der Waals surface area contributed by atoms with Crippen molar-refractivity contribution in [2.75, 3.05) is 0 Å². The van der Waals surface area contributed by atoms with Gasteiger partial charge in [0.15, 0.2) is 0 Å². The van der Waals surface area contributed by atoms with Crippen molar-refractivity contribution in [2.45, 2.75) is 43.3 Å². The summed E-state index contributed by atoms with van der Waals surface area (Å²) >= 11 is 0. The summed E-state index contributed by atoms with van der Waals surface area (Å²) in [5.41, 5.74) is 2.73. The van der Waals surface area contributed by atoms with E-state index in [0.717, 1.165) is 12.8 Å². The fourth-order valence-electron chi connectivity index (χ4n) is 4.88. The van der Waals surface area contributed by atoms with E-state index in [4.69, 9.17) is 0 Å². The Labute approximate surface area is 133 Å². The van der Waals surface area contributed by atoms with Crippen LogP contribution in [0.1, 0.15) is 30.4 Å². The van der Waals surface area contributed by atoms with Crippen molar-refractivity contribution in [3.63, 3.8) is 0 Å². The standard InChI is InChI=1S/C20H22OSi/c1-22-13-7-10-17(21)14-20(15-22,16-8-3-2-4-9-16)18-11-5-6-12-19(18)22/h2-6,8-9,11-12H,7,10,13-15H2,1H3/t20-,22+/m1/s1. The van der Waals surface area contributed by atoms with Gasteiger partial charge in [-0.2, -0.15) is 0 Å². The third-order valence-corrected chi connectivity index (χ3v) is 10.4. The number of fused-ring (bicyclic) bond motifs is 5. The lowest BCUT2D eigenvalue weighted by atomic mass is 9.72. The van der Waals surface area contributed by atoms with E-state index in [1.54, 1.807) is 5.19 Å². The van der Waals surface area contributed by atoms with E-state index in [9.17, 15) is 4.79 Å². The second-order valence-corrected chi connectivity index (χ2v) is 11.8. The average Bonchev–Trinajstić information content (AvgIpc) is 2.79. The van der Waals surface area contributed by atoms with Gasteiger partial charge in [-0.3, -0.25) is 4.79 Å². The highest BCUT2D eigenvalue weighted by Crippen LogP contribution is 2.50. The van der Waals surface area contributed by atoms with E-state index in [2.05, 4.69) is 61.1 Å². The third kappa shape index (κ3) is 1.93. The van der Waals surface area contributed by atoms with Crippen LogP contribution in [0.25, 0.3) is 0 Å². The van der Waals surface area contributed by atoms with Crippen molar-refractivity contribution < 1.29 is 4.79 Å². The van der Waals surface area contributed by atoms with E-state index in [1.807, 2.05) is 0 Å². The monoisotopic (exact) mass is 306 g/mol. The third-order valence-electron chi connectivity index (χ3n) is 5.79. The zero-order valence-electron chi connectivity index (χ0n) is 13.1. The van der Waals surface area contributed by atoms with Gasteiger partial charge < -0.3 is 0 Å². The van der Waals surface area contributed by atoms with E-state index in [1.165, 1.54) is 23.2 Å². The summed E-state index contributed by atoms with van der Waals surface area (Å²) in [4.78, 5) is 12.5. The molecule has 0 unspecified atom stereocenters. The minimum Gasteiger partial charge on any atom is -0.300 e. The second-order valence-electron chi connectivity index (χ2n) is 7.30. The lowest BCUT2D eigenvalue weighted by molar-refractivity contribution is -0.120. The Balaban J connectivity index is 1.99. The molecule has 1 nitrogen and oxygen atoms in total. The quantitative estimate of drug-likeness (QED) is 0.727. The molecule has 2 aromatic rings. The van der Waals surface area contributed by atoms with Crippen LogP contribution in [0.15, 0.2) is 54.6 Å². The molecule has 2 atom stereocenters. The van der Waals surface area contributed by atoms with Gasteiger partial charge in [0.25, 0.3) is 0 Å². The van der Waals surface area contributed by atoms with Gasteiger partial charge in [-0.15, -0.1) is 0 Å². The molecular weight excluding hydrogens is 284 g/mol. The number of ketones is 1. The number of hydrogen-bond acceptors (Lipinski definition) is 1. The van der Waals surface area contributed by atoms with Gasteiger partial charge in [-0.05, 0) is 23.6 Å². The number of benzene rings is 2. The second kappa shape index (κ2) is 4.92. The van der Waals surface area contributed by atoms with Crippen LogP contribution < -0.4 is 5.19 Å². The number of rotatable bonds is 1. The summed E-state index contributed by atoms with van der Waals surface area (Å²) in [5, 5.41) is 1.61. The average molecular weight is 306 g/mol. The summed E-state index contributed by atoms with van der Waals surface area (Å²) in [6, 6.07) is 22.2. The molecule has 0 amide bonds. The number of hydrogen-bond donors (Lipinski definition) is 0. The Morgan fingerprint density at radius 2 is 1.73 bits per heavy atom. The molecule has 112 valence electrons. The summed E-state index contributed by atoms with van der Waals surface area (Å²) in [6.07, 6.45) is 2.54. The first kappa shape index (κ1) is 14.0. The zero-order chi connectivity index (χ0) is 15.2. The first-order chi connectivity index (χ1) is 10.6. The van der Waals surface area contributed by atoms with Crippen molar-refractivity contribution in [3.8, 4) is 0 Å². The topological polar surface area (TPSA) is 17.1 Å². The van der Waals surface area contributed by atoms with Crippen molar-refractivity contribution in [2.24, 2.45) is 0 Å². The van der Waals surface area contributed by atoms with Crippen LogP contribution in [0.4, 0.5) is 0 Å². The van der Waals surface area contributed by atoms with Crippen molar-refractivity contribution >= 4 is 19.0 Å². The lowest BCUT2D eigenvalue weighted by Gasteiger charge is -2.34. The summed E-state index contributed by atoms with van der Waals surface area (Å²) in [6.45, 7) is 2.53. The van der Waals surface area contributed by atoms with Gasteiger partial charge >= 0.3 is 0 Å². The van der Waals surface area contributed by atoms with Gasteiger partial charge in [0, 0.05) is 18.3 Å². The Kier molecular flexibility index (Phi) is 3.12. The molecule has 1 saturated heterocycles. The Bertz CT molecular complexity index is 723. The van der Waals surface area contributed by atoms with Crippen molar-refractivity contribution in [1.82, 2.24) is 0 Å². The Hall–Kier alpha value is -1.67. The van der Waals surface area contributed by atoms with Gasteiger partial charge in [0.2, 0.25) is 0 Å². The molecular formula is C20H22OSi. The summed E-state index contributed by atoms with van der Waals surface area (Å²) in [5.74, 6) is 0.441. The molecule has 2 aliphatic rings. The number of carbonyl (C=O) groups excluding carboxylic acids is 1. The van der Waals surface area contributed by atoms with Gasteiger partial charge in [-0.25, -0.2) is 0 Å². The predicted molar refractivity (Wildman–Crippen MR) is 93.4 cm³/mol. The van der Waals surface area contributed by atoms with Crippen LogP contribution in [0, 0.1) is 0 Å². The minimum atomic E-state index is -1.48. The molecule has 0 spiro atoms. The highest BCUT2D eigenvalue weighted by atomic mass is 28.3. The zero-order valence-corrected chi connectivity index (χ0v) is 14.1. The van der Waals surface area contributed by atoms with Gasteiger partial charge in [0.05, 0.1) is 8.07 Å². The lowest BCUT2D eigenvalue weighted by Crippen LogP contribution is -2.42. The molecule has 2 heteroatoms. The molecule has 2 aromatic carbocycles. The molecule has 4 rings (SSSR count). The first-order valence-electron chi connectivity index (χ1n) is 8.31. The number of Topliss-reactive ketones (excluding diaryl/α,β-unsaturated/α-hetero) is 1. The molecule has 22 heavy (non-hydrogen) atoms. The molecule has 0 aromatic heterocycles. The predicted octanol–water partition coefficient (Wildman–Crippen LogP) is 4.02. The first-order valence-corrected chi connectivity index (χ1v) is 11.2. The fourth-order valence-corrected chi connectivity index (χ4v) is 9.80. The van der Waals surface area contributed by atoms with Crippen LogP contribution in [-0.4, -0.2) is 13.9 Å². The summed E-state index contributed by atoms with van der Waals surface area (Å²) in [7, 11) is -1.48. The minimum absolute atomic E-state index is 0.0592. The van der Waals surface area contributed by atoms with Crippen LogP contribution in [0.5, 0.6) is 0 Å².